The minimum atomic E-state index is -0.475. The number of non-ortho nitro benzene ring substituents is 1. The number of hydrogen-bond donors (Lipinski definition) is 0. The predicted octanol–water partition coefficient (Wildman–Crippen LogP) is 3.56. The Morgan fingerprint density at radius 1 is 1.19 bits per heavy atom. The van der Waals surface area contributed by atoms with Crippen molar-refractivity contribution < 1.29 is 9.72 Å². The summed E-state index contributed by atoms with van der Waals surface area (Å²) in [5.41, 5.74) is 2.47. The minimum absolute atomic E-state index is 0.0164. The standard InChI is InChI=1S/C15H11BrN2O3/c16-12-3-6-14-11(9-12)7-8-17(14)15(19)10-1-4-13(5-2-10)18(20)21/h1-6,9H,7-8H2. The summed E-state index contributed by atoms with van der Waals surface area (Å²) in [4.78, 5) is 24.4. The van der Waals surface area contributed by atoms with Gasteiger partial charge in [-0.25, -0.2) is 0 Å². The highest BCUT2D eigenvalue weighted by Gasteiger charge is 2.25. The number of nitro groups is 1. The van der Waals surface area contributed by atoms with E-state index in [1.165, 1.54) is 24.3 Å². The lowest BCUT2D eigenvalue weighted by molar-refractivity contribution is -0.384. The zero-order valence-electron chi connectivity index (χ0n) is 11.0. The molecule has 2 aromatic rings. The summed E-state index contributed by atoms with van der Waals surface area (Å²) in [6, 6.07) is 11.5. The topological polar surface area (TPSA) is 63.4 Å². The third kappa shape index (κ3) is 2.54. The number of anilines is 1. The minimum Gasteiger partial charge on any atom is -0.308 e. The highest BCUT2D eigenvalue weighted by molar-refractivity contribution is 9.10. The molecule has 0 spiro atoms. The molecule has 0 atom stereocenters. The SMILES string of the molecule is O=C(c1ccc([N+](=O)[O-])cc1)N1CCc2cc(Br)ccc21. The van der Waals surface area contributed by atoms with E-state index in [1.807, 2.05) is 18.2 Å². The molecule has 106 valence electrons. The lowest BCUT2D eigenvalue weighted by Gasteiger charge is -2.17. The second-order valence-corrected chi connectivity index (χ2v) is 5.70. The maximum absolute atomic E-state index is 12.5. The van der Waals surface area contributed by atoms with Crippen LogP contribution in [0.25, 0.3) is 0 Å². The van der Waals surface area contributed by atoms with Gasteiger partial charge in [-0.2, -0.15) is 0 Å². The smallest absolute Gasteiger partial charge is 0.269 e. The van der Waals surface area contributed by atoms with Gasteiger partial charge in [-0.1, -0.05) is 15.9 Å². The van der Waals surface area contributed by atoms with Crippen LogP contribution in [0.1, 0.15) is 15.9 Å². The average molecular weight is 347 g/mol. The fourth-order valence-electron chi connectivity index (χ4n) is 2.46. The van der Waals surface area contributed by atoms with Crippen molar-refractivity contribution in [3.63, 3.8) is 0 Å². The maximum atomic E-state index is 12.5. The molecule has 6 heteroatoms. The molecule has 0 saturated carbocycles. The van der Waals surface area contributed by atoms with Crippen molar-refractivity contribution in [1.29, 1.82) is 0 Å². The van der Waals surface area contributed by atoms with Gasteiger partial charge < -0.3 is 4.90 Å². The van der Waals surface area contributed by atoms with Gasteiger partial charge in [0.25, 0.3) is 11.6 Å². The number of halogens is 1. The van der Waals surface area contributed by atoms with E-state index in [0.717, 1.165) is 22.1 Å². The summed E-state index contributed by atoms with van der Waals surface area (Å²) >= 11 is 3.42. The molecule has 0 N–H and O–H groups in total. The molecule has 0 aromatic heterocycles. The number of carbonyl (C=O) groups is 1. The number of hydrogen-bond acceptors (Lipinski definition) is 3. The maximum Gasteiger partial charge on any atom is 0.269 e. The molecule has 0 fully saturated rings. The Labute approximate surface area is 129 Å². The van der Waals surface area contributed by atoms with Gasteiger partial charge in [0.05, 0.1) is 4.92 Å². The second kappa shape index (κ2) is 5.29. The molecule has 0 radical (unpaired) electrons. The van der Waals surface area contributed by atoms with Crippen molar-refractivity contribution in [2.24, 2.45) is 0 Å². The summed E-state index contributed by atoms with van der Waals surface area (Å²) in [6.45, 7) is 0.627. The van der Waals surface area contributed by atoms with Crippen molar-refractivity contribution >= 4 is 33.2 Å². The molecule has 1 aliphatic heterocycles. The van der Waals surface area contributed by atoms with Gasteiger partial charge in [0.15, 0.2) is 0 Å². The van der Waals surface area contributed by atoms with E-state index in [-0.39, 0.29) is 11.6 Å². The molecule has 2 aromatic carbocycles. The van der Waals surface area contributed by atoms with E-state index in [0.29, 0.717) is 12.1 Å². The van der Waals surface area contributed by atoms with Crippen molar-refractivity contribution in [1.82, 2.24) is 0 Å². The zero-order valence-corrected chi connectivity index (χ0v) is 12.5. The van der Waals surface area contributed by atoms with Crippen LogP contribution < -0.4 is 4.90 Å². The van der Waals surface area contributed by atoms with Crippen LogP contribution in [0.2, 0.25) is 0 Å². The Morgan fingerprint density at radius 3 is 2.57 bits per heavy atom. The number of benzene rings is 2. The van der Waals surface area contributed by atoms with Gasteiger partial charge in [0.2, 0.25) is 0 Å². The van der Waals surface area contributed by atoms with Crippen LogP contribution in [0.3, 0.4) is 0 Å². The average Bonchev–Trinajstić information content (AvgIpc) is 2.89. The van der Waals surface area contributed by atoms with E-state index in [1.54, 1.807) is 4.90 Å². The summed E-state index contributed by atoms with van der Waals surface area (Å²) in [6.07, 6.45) is 0.813. The molecule has 1 amide bonds. The second-order valence-electron chi connectivity index (χ2n) is 4.78. The molecular weight excluding hydrogens is 336 g/mol. The fourth-order valence-corrected chi connectivity index (χ4v) is 2.87. The van der Waals surface area contributed by atoms with E-state index in [2.05, 4.69) is 15.9 Å². The number of amides is 1. The summed E-state index contributed by atoms with van der Waals surface area (Å²) in [7, 11) is 0. The first-order valence-electron chi connectivity index (χ1n) is 6.41. The molecule has 0 saturated heterocycles. The van der Waals surface area contributed by atoms with Gasteiger partial charge in [-0.05, 0) is 42.3 Å². The van der Waals surface area contributed by atoms with Gasteiger partial charge in [0, 0.05) is 34.4 Å². The molecule has 0 aliphatic carbocycles. The number of nitro benzene ring substituents is 1. The molecule has 5 nitrogen and oxygen atoms in total. The Morgan fingerprint density at radius 2 is 1.90 bits per heavy atom. The third-order valence-electron chi connectivity index (χ3n) is 3.51. The van der Waals surface area contributed by atoms with E-state index >= 15 is 0 Å². The Balaban J connectivity index is 1.89. The Hall–Kier alpha value is -2.21. The summed E-state index contributed by atoms with van der Waals surface area (Å²) in [5.74, 6) is -0.133. The van der Waals surface area contributed by atoms with E-state index in [9.17, 15) is 14.9 Å². The van der Waals surface area contributed by atoms with E-state index in [4.69, 9.17) is 0 Å². The fraction of sp³-hybridized carbons (Fsp3) is 0.133. The predicted molar refractivity (Wildman–Crippen MR) is 82.6 cm³/mol. The highest BCUT2D eigenvalue weighted by atomic mass is 79.9. The van der Waals surface area contributed by atoms with Crippen molar-refractivity contribution in [2.75, 3.05) is 11.4 Å². The third-order valence-corrected chi connectivity index (χ3v) is 4.00. The number of fused-ring (bicyclic) bond motifs is 1. The first-order valence-corrected chi connectivity index (χ1v) is 7.20. The van der Waals surface area contributed by atoms with Gasteiger partial charge in [-0.3, -0.25) is 14.9 Å². The van der Waals surface area contributed by atoms with Gasteiger partial charge in [-0.15, -0.1) is 0 Å². The first kappa shape index (κ1) is 13.8. The van der Waals surface area contributed by atoms with E-state index < -0.39 is 4.92 Å². The molecule has 21 heavy (non-hydrogen) atoms. The highest BCUT2D eigenvalue weighted by Crippen LogP contribution is 2.31. The van der Waals surface area contributed by atoms with Crippen LogP contribution in [0.15, 0.2) is 46.9 Å². The van der Waals surface area contributed by atoms with Gasteiger partial charge >= 0.3 is 0 Å². The lowest BCUT2D eigenvalue weighted by atomic mass is 10.1. The molecular formula is C15H11BrN2O3. The van der Waals surface area contributed by atoms with Crippen LogP contribution in [-0.2, 0) is 6.42 Å². The molecule has 3 rings (SSSR count). The first-order chi connectivity index (χ1) is 10.1. The van der Waals surface area contributed by atoms with Crippen LogP contribution in [-0.4, -0.2) is 17.4 Å². The van der Waals surface area contributed by atoms with Crippen LogP contribution >= 0.6 is 15.9 Å². The lowest BCUT2D eigenvalue weighted by Crippen LogP contribution is -2.28. The number of nitrogens with zero attached hydrogens (tertiary/aromatic N) is 2. The zero-order chi connectivity index (χ0) is 15.0. The summed E-state index contributed by atoms with van der Waals surface area (Å²) < 4.78 is 0.992. The quantitative estimate of drug-likeness (QED) is 0.616. The van der Waals surface area contributed by atoms with Gasteiger partial charge in [0.1, 0.15) is 0 Å². The van der Waals surface area contributed by atoms with Crippen molar-refractivity contribution in [3.8, 4) is 0 Å². The normalized spacial score (nSPS) is 13.1. The number of carbonyl (C=O) groups excluding carboxylic acids is 1. The molecule has 0 unspecified atom stereocenters. The van der Waals surface area contributed by atoms with Crippen LogP contribution in [0.5, 0.6) is 0 Å². The Kier molecular flexibility index (Phi) is 3.47. The van der Waals surface area contributed by atoms with Crippen LogP contribution in [0.4, 0.5) is 11.4 Å². The Bertz CT molecular complexity index is 728. The molecule has 1 aliphatic rings. The largest absolute Gasteiger partial charge is 0.308 e. The van der Waals surface area contributed by atoms with Crippen molar-refractivity contribution in [3.05, 3.63) is 68.2 Å². The number of rotatable bonds is 2. The monoisotopic (exact) mass is 346 g/mol. The summed E-state index contributed by atoms with van der Waals surface area (Å²) in [5, 5.41) is 10.6. The van der Waals surface area contributed by atoms with Crippen LogP contribution in [0, 0.1) is 10.1 Å². The van der Waals surface area contributed by atoms with Crippen molar-refractivity contribution in [2.45, 2.75) is 6.42 Å². The molecule has 1 heterocycles. The molecule has 0 bridgehead atoms.